The second-order valence-electron chi connectivity index (χ2n) is 9.62. The fourth-order valence-electron chi connectivity index (χ4n) is 4.42. The number of carbonyl (C=O) groups is 2. The van der Waals surface area contributed by atoms with E-state index in [9.17, 15) is 23.6 Å². The van der Waals surface area contributed by atoms with E-state index in [1.165, 1.54) is 13.1 Å². The fourth-order valence-corrected chi connectivity index (χ4v) is 4.42. The third-order valence-electron chi connectivity index (χ3n) is 6.56. The van der Waals surface area contributed by atoms with Crippen LogP contribution in [0.15, 0.2) is 64.4 Å². The number of alkyl halides is 1. The van der Waals surface area contributed by atoms with Gasteiger partial charge in [-0.1, -0.05) is 50.2 Å². The Morgan fingerprint density at radius 1 is 1.14 bits per heavy atom. The van der Waals surface area contributed by atoms with Gasteiger partial charge in [0.15, 0.2) is 0 Å². The average molecular weight is 508 g/mol. The topological polar surface area (TPSA) is 117 Å². The van der Waals surface area contributed by atoms with Gasteiger partial charge in [-0.05, 0) is 30.0 Å². The van der Waals surface area contributed by atoms with Gasteiger partial charge in [0.25, 0.3) is 5.56 Å². The lowest BCUT2D eigenvalue weighted by Gasteiger charge is -2.27. The minimum Gasteiger partial charge on any atom is -0.342 e. The lowest BCUT2D eigenvalue weighted by Crippen LogP contribution is -2.48. The number of benzene rings is 1. The molecule has 10 heteroatoms. The maximum Gasteiger partial charge on any atom is 0.328 e. The number of hydrogen-bond donors (Lipinski definition) is 2. The Balaban J connectivity index is 1.57. The number of halogens is 1. The van der Waals surface area contributed by atoms with Crippen molar-refractivity contribution in [3.8, 4) is 0 Å². The monoisotopic (exact) mass is 507 g/mol. The Bertz CT molecular complexity index is 1380. The van der Waals surface area contributed by atoms with Crippen LogP contribution in [0.1, 0.15) is 54.6 Å². The molecule has 3 unspecified atom stereocenters. The number of amides is 2. The number of nitrogens with one attached hydrogen (secondary N) is 2. The molecule has 3 aromatic rings. The predicted octanol–water partition coefficient (Wildman–Crippen LogP) is 2.21. The first-order valence-electron chi connectivity index (χ1n) is 12.2. The van der Waals surface area contributed by atoms with E-state index in [-0.39, 0.29) is 18.5 Å². The number of aromatic nitrogens is 3. The molecule has 1 saturated heterocycles. The van der Waals surface area contributed by atoms with Crippen LogP contribution in [-0.2, 0) is 16.1 Å². The zero-order chi connectivity index (χ0) is 26.7. The molecule has 1 fully saturated rings. The van der Waals surface area contributed by atoms with E-state index in [1.54, 1.807) is 6.20 Å². The van der Waals surface area contributed by atoms with Crippen LogP contribution >= 0.6 is 0 Å². The van der Waals surface area contributed by atoms with Crippen molar-refractivity contribution in [2.45, 2.75) is 57.9 Å². The van der Waals surface area contributed by atoms with Gasteiger partial charge in [-0.3, -0.25) is 28.9 Å². The van der Waals surface area contributed by atoms with Gasteiger partial charge in [-0.25, -0.2) is 9.18 Å². The number of likely N-dealkylation sites (tertiary alicyclic amines) is 1. The number of rotatable bonds is 7. The standard InChI is InChI=1S/C27H30FN5O4/c1-16(2)19-9-10-21(29-12-19)24(18-7-5-4-6-8-18)30-26(36)22-11-20(28)14-33(22)23(34)15-32-13-17(3)25(35)31-27(32)37/h4-10,12-13,16,20,22,24H,11,14-15H2,1-3H3,(H,30,36)(H,31,35,37). The quantitative estimate of drug-likeness (QED) is 0.509. The summed E-state index contributed by atoms with van der Waals surface area (Å²) in [5, 5.41) is 2.96. The number of aromatic amines is 1. The largest absolute Gasteiger partial charge is 0.342 e. The van der Waals surface area contributed by atoms with E-state index in [0.29, 0.717) is 11.6 Å². The molecule has 9 nitrogen and oxygen atoms in total. The number of nitrogens with zero attached hydrogens (tertiary/aromatic N) is 3. The number of H-pyrrole nitrogens is 1. The van der Waals surface area contributed by atoms with Crippen molar-refractivity contribution in [1.29, 1.82) is 0 Å². The molecule has 4 rings (SSSR count). The third-order valence-corrected chi connectivity index (χ3v) is 6.56. The molecule has 3 heterocycles. The Morgan fingerprint density at radius 2 is 1.86 bits per heavy atom. The zero-order valence-electron chi connectivity index (χ0n) is 21.0. The number of pyridine rings is 1. The molecule has 1 aliphatic heterocycles. The predicted molar refractivity (Wildman–Crippen MR) is 136 cm³/mol. The summed E-state index contributed by atoms with van der Waals surface area (Å²) in [4.78, 5) is 58.1. The molecule has 0 spiro atoms. The van der Waals surface area contributed by atoms with Crippen LogP contribution in [0.25, 0.3) is 0 Å². The second kappa shape index (κ2) is 10.9. The lowest BCUT2D eigenvalue weighted by atomic mass is 10.00. The van der Waals surface area contributed by atoms with Crippen molar-refractivity contribution in [3.63, 3.8) is 0 Å². The van der Waals surface area contributed by atoms with E-state index < -0.39 is 47.9 Å². The van der Waals surface area contributed by atoms with E-state index in [4.69, 9.17) is 0 Å². The van der Waals surface area contributed by atoms with Gasteiger partial charge < -0.3 is 10.2 Å². The summed E-state index contributed by atoms with van der Waals surface area (Å²) in [5.41, 5.74) is 1.44. The summed E-state index contributed by atoms with van der Waals surface area (Å²) in [6, 6.07) is 11.5. The highest BCUT2D eigenvalue weighted by atomic mass is 19.1. The molecular weight excluding hydrogens is 477 g/mol. The molecular formula is C27H30FN5O4. The van der Waals surface area contributed by atoms with Crippen molar-refractivity contribution < 1.29 is 14.0 Å². The summed E-state index contributed by atoms with van der Waals surface area (Å²) < 4.78 is 15.5. The molecule has 0 aliphatic carbocycles. The van der Waals surface area contributed by atoms with Gasteiger partial charge in [0.05, 0.1) is 18.3 Å². The maximum atomic E-state index is 14.5. The minimum absolute atomic E-state index is 0.154. The molecule has 1 aliphatic rings. The van der Waals surface area contributed by atoms with E-state index in [0.717, 1.165) is 20.6 Å². The van der Waals surface area contributed by atoms with Gasteiger partial charge in [0.2, 0.25) is 11.8 Å². The van der Waals surface area contributed by atoms with Crippen LogP contribution in [0.4, 0.5) is 4.39 Å². The third kappa shape index (κ3) is 5.84. The van der Waals surface area contributed by atoms with Crippen LogP contribution in [0.5, 0.6) is 0 Å². The summed E-state index contributed by atoms with van der Waals surface area (Å²) in [7, 11) is 0. The highest BCUT2D eigenvalue weighted by Gasteiger charge is 2.40. The minimum atomic E-state index is -1.38. The number of hydrogen-bond acceptors (Lipinski definition) is 5. The average Bonchev–Trinajstić information content (AvgIpc) is 3.28. The van der Waals surface area contributed by atoms with Crippen molar-refractivity contribution in [1.82, 2.24) is 24.8 Å². The van der Waals surface area contributed by atoms with Crippen LogP contribution < -0.4 is 16.6 Å². The second-order valence-corrected chi connectivity index (χ2v) is 9.62. The highest BCUT2D eigenvalue weighted by molar-refractivity contribution is 5.88. The van der Waals surface area contributed by atoms with Gasteiger partial charge in [-0.2, -0.15) is 0 Å². The molecule has 0 radical (unpaired) electrons. The summed E-state index contributed by atoms with van der Waals surface area (Å²) >= 11 is 0. The molecule has 2 aromatic heterocycles. The Hall–Kier alpha value is -4.08. The van der Waals surface area contributed by atoms with Crippen molar-refractivity contribution in [2.75, 3.05) is 6.54 Å². The maximum absolute atomic E-state index is 14.5. The molecule has 2 amide bonds. The van der Waals surface area contributed by atoms with Crippen LogP contribution in [0.2, 0.25) is 0 Å². The van der Waals surface area contributed by atoms with Crippen molar-refractivity contribution >= 4 is 11.8 Å². The zero-order valence-corrected chi connectivity index (χ0v) is 21.0. The fraction of sp³-hybridized carbons (Fsp3) is 0.370. The molecule has 2 N–H and O–H groups in total. The molecule has 0 saturated carbocycles. The molecule has 0 bridgehead atoms. The summed E-state index contributed by atoms with van der Waals surface area (Å²) in [5.74, 6) is -0.809. The summed E-state index contributed by atoms with van der Waals surface area (Å²) in [6.45, 7) is 4.95. The smallest absolute Gasteiger partial charge is 0.328 e. The van der Waals surface area contributed by atoms with Crippen LogP contribution in [-0.4, -0.2) is 50.0 Å². The normalized spacial score (nSPS) is 18.1. The van der Waals surface area contributed by atoms with Crippen LogP contribution in [0, 0.1) is 6.92 Å². The first-order chi connectivity index (χ1) is 17.6. The van der Waals surface area contributed by atoms with E-state index in [1.807, 2.05) is 42.5 Å². The highest BCUT2D eigenvalue weighted by Crippen LogP contribution is 2.26. The van der Waals surface area contributed by atoms with E-state index in [2.05, 4.69) is 29.1 Å². The molecule has 37 heavy (non-hydrogen) atoms. The Labute approximate surface area is 213 Å². The van der Waals surface area contributed by atoms with Crippen LogP contribution in [0.3, 0.4) is 0 Å². The van der Waals surface area contributed by atoms with Gasteiger partial charge in [0, 0.05) is 24.4 Å². The van der Waals surface area contributed by atoms with E-state index >= 15 is 0 Å². The molecule has 1 aromatic carbocycles. The van der Waals surface area contributed by atoms with Gasteiger partial charge >= 0.3 is 5.69 Å². The lowest BCUT2D eigenvalue weighted by molar-refractivity contribution is -0.139. The Morgan fingerprint density at radius 3 is 2.51 bits per heavy atom. The number of aryl methyl sites for hydroxylation is 1. The first kappa shape index (κ1) is 26.0. The SMILES string of the molecule is Cc1cn(CC(=O)N2CC(F)CC2C(=O)NC(c2ccccc2)c2ccc(C(C)C)cn2)c(=O)[nH]c1=O. The Kier molecular flexibility index (Phi) is 7.66. The van der Waals surface area contributed by atoms with Gasteiger partial charge in [-0.15, -0.1) is 0 Å². The van der Waals surface area contributed by atoms with Crippen molar-refractivity contribution in [2.24, 2.45) is 0 Å². The van der Waals surface area contributed by atoms with Gasteiger partial charge in [0.1, 0.15) is 18.8 Å². The number of carbonyl (C=O) groups excluding carboxylic acids is 2. The van der Waals surface area contributed by atoms with Crippen molar-refractivity contribution in [3.05, 3.63) is 98.1 Å². The first-order valence-corrected chi connectivity index (χ1v) is 12.2. The summed E-state index contributed by atoms with van der Waals surface area (Å²) in [6.07, 6.45) is 1.51. The molecule has 3 atom stereocenters. The molecule has 194 valence electrons.